The van der Waals surface area contributed by atoms with E-state index in [0.29, 0.717) is 18.1 Å². The maximum Gasteiger partial charge on any atom is 0.145 e. The highest BCUT2D eigenvalue weighted by Crippen LogP contribution is 2.63. The van der Waals surface area contributed by atoms with Crippen molar-refractivity contribution < 1.29 is 9.57 Å². The monoisotopic (exact) mass is 223 g/mol. The molecule has 0 aromatic heterocycles. The summed E-state index contributed by atoms with van der Waals surface area (Å²) < 4.78 is 5.11. The molecule has 90 valence electrons. The van der Waals surface area contributed by atoms with Crippen molar-refractivity contribution in [2.45, 2.75) is 46.1 Å². The van der Waals surface area contributed by atoms with Gasteiger partial charge in [-0.2, -0.15) is 0 Å². The molecule has 1 heterocycles. The van der Waals surface area contributed by atoms with Crippen molar-refractivity contribution in [3.05, 3.63) is 0 Å². The van der Waals surface area contributed by atoms with Crippen molar-refractivity contribution in [2.24, 2.45) is 21.9 Å². The van der Waals surface area contributed by atoms with E-state index >= 15 is 0 Å². The van der Waals surface area contributed by atoms with Gasteiger partial charge < -0.3 is 9.57 Å². The predicted molar refractivity (Wildman–Crippen MR) is 62.4 cm³/mol. The first kappa shape index (κ1) is 10.6. The van der Waals surface area contributed by atoms with Crippen LogP contribution < -0.4 is 0 Å². The van der Waals surface area contributed by atoms with Crippen LogP contribution in [0, 0.1) is 16.7 Å². The molecule has 3 fully saturated rings. The fraction of sp³-hybridized carbons (Fsp3) is 0.923. The molecule has 3 unspecified atom stereocenters. The van der Waals surface area contributed by atoms with Crippen LogP contribution in [0.5, 0.6) is 0 Å². The van der Waals surface area contributed by atoms with Gasteiger partial charge in [0.1, 0.15) is 12.7 Å². The van der Waals surface area contributed by atoms with Gasteiger partial charge in [0.05, 0.1) is 12.3 Å². The van der Waals surface area contributed by atoms with Crippen molar-refractivity contribution in [3.63, 3.8) is 0 Å². The molecule has 2 aliphatic carbocycles. The van der Waals surface area contributed by atoms with Crippen LogP contribution in [-0.2, 0) is 9.57 Å². The summed E-state index contributed by atoms with van der Waals surface area (Å²) >= 11 is 0. The summed E-state index contributed by atoms with van der Waals surface area (Å²) in [7, 11) is 0. The Kier molecular flexibility index (Phi) is 2.13. The number of rotatable bonds is 3. The predicted octanol–water partition coefficient (Wildman–Crippen LogP) is 2.60. The van der Waals surface area contributed by atoms with Crippen LogP contribution in [0.15, 0.2) is 5.16 Å². The van der Waals surface area contributed by atoms with Gasteiger partial charge in [-0.3, -0.25) is 0 Å². The summed E-state index contributed by atoms with van der Waals surface area (Å²) in [5, 5.41) is 4.39. The zero-order valence-electron chi connectivity index (χ0n) is 10.5. The number of epoxide rings is 1. The van der Waals surface area contributed by atoms with Crippen LogP contribution in [0.3, 0.4) is 0 Å². The standard InChI is InChI=1S/C13H21NO2/c1-12(2)9-4-5-13(12,3)11(6-9)14-16-8-10-7-15-10/h9-10H,4-8H2,1-3H3/b14-11-. The first-order valence-electron chi connectivity index (χ1n) is 6.35. The minimum Gasteiger partial charge on any atom is -0.393 e. The van der Waals surface area contributed by atoms with Crippen molar-refractivity contribution in [1.29, 1.82) is 0 Å². The Morgan fingerprint density at radius 2 is 2.19 bits per heavy atom. The molecule has 0 amide bonds. The molecule has 1 aliphatic heterocycles. The number of hydrogen-bond donors (Lipinski definition) is 0. The fourth-order valence-electron chi connectivity index (χ4n) is 3.43. The van der Waals surface area contributed by atoms with Gasteiger partial charge in [-0.1, -0.05) is 25.9 Å². The van der Waals surface area contributed by atoms with E-state index in [1.54, 1.807) is 0 Å². The van der Waals surface area contributed by atoms with Crippen LogP contribution in [0.2, 0.25) is 0 Å². The lowest BCUT2D eigenvalue weighted by Gasteiger charge is -2.34. The molecule has 3 atom stereocenters. The molecule has 3 aliphatic rings. The van der Waals surface area contributed by atoms with E-state index in [1.807, 2.05) is 0 Å². The van der Waals surface area contributed by atoms with E-state index in [4.69, 9.17) is 9.57 Å². The highest BCUT2D eigenvalue weighted by Gasteiger charge is 2.60. The molecule has 0 spiro atoms. The summed E-state index contributed by atoms with van der Waals surface area (Å²) in [6.07, 6.45) is 4.07. The minimum absolute atomic E-state index is 0.266. The number of oxime groups is 1. The topological polar surface area (TPSA) is 34.1 Å². The van der Waals surface area contributed by atoms with E-state index in [0.717, 1.165) is 18.9 Å². The van der Waals surface area contributed by atoms with Gasteiger partial charge in [-0.05, 0) is 30.6 Å². The Balaban J connectivity index is 1.72. The summed E-state index contributed by atoms with van der Waals surface area (Å²) in [5.74, 6) is 0.803. The third-order valence-corrected chi connectivity index (χ3v) is 5.35. The molecule has 2 bridgehead atoms. The zero-order chi connectivity index (χ0) is 11.4. The van der Waals surface area contributed by atoms with Crippen molar-refractivity contribution in [3.8, 4) is 0 Å². The molecule has 3 rings (SSSR count). The van der Waals surface area contributed by atoms with Crippen LogP contribution in [-0.4, -0.2) is 25.0 Å². The van der Waals surface area contributed by atoms with E-state index in [1.165, 1.54) is 18.6 Å². The van der Waals surface area contributed by atoms with Crippen LogP contribution in [0.4, 0.5) is 0 Å². The lowest BCUT2D eigenvalue weighted by Crippen LogP contribution is -2.32. The minimum atomic E-state index is 0.266. The Hall–Kier alpha value is -0.570. The van der Waals surface area contributed by atoms with E-state index in [9.17, 15) is 0 Å². The van der Waals surface area contributed by atoms with Crippen LogP contribution >= 0.6 is 0 Å². The molecule has 3 heteroatoms. The average Bonchev–Trinajstić information content (AvgIpc) is 2.98. The van der Waals surface area contributed by atoms with E-state index in [-0.39, 0.29) is 5.41 Å². The second kappa shape index (κ2) is 3.22. The fourth-order valence-corrected chi connectivity index (χ4v) is 3.43. The van der Waals surface area contributed by atoms with Gasteiger partial charge in [-0.25, -0.2) is 0 Å². The highest BCUT2D eigenvalue weighted by atomic mass is 16.7. The lowest BCUT2D eigenvalue weighted by atomic mass is 9.70. The molecule has 3 nitrogen and oxygen atoms in total. The van der Waals surface area contributed by atoms with Gasteiger partial charge in [0.15, 0.2) is 0 Å². The molecular weight excluding hydrogens is 202 g/mol. The Morgan fingerprint density at radius 3 is 2.69 bits per heavy atom. The summed E-state index contributed by atoms with van der Waals surface area (Å²) in [6.45, 7) is 8.60. The lowest BCUT2D eigenvalue weighted by molar-refractivity contribution is 0.118. The van der Waals surface area contributed by atoms with Gasteiger partial charge >= 0.3 is 0 Å². The van der Waals surface area contributed by atoms with Crippen LogP contribution in [0.25, 0.3) is 0 Å². The molecule has 0 radical (unpaired) electrons. The zero-order valence-corrected chi connectivity index (χ0v) is 10.5. The van der Waals surface area contributed by atoms with Crippen molar-refractivity contribution >= 4 is 5.71 Å². The number of ether oxygens (including phenoxy) is 1. The van der Waals surface area contributed by atoms with Gasteiger partial charge in [0.2, 0.25) is 0 Å². The third kappa shape index (κ3) is 1.33. The maximum atomic E-state index is 5.42. The molecule has 16 heavy (non-hydrogen) atoms. The first-order chi connectivity index (χ1) is 7.54. The quantitative estimate of drug-likeness (QED) is 0.544. The average molecular weight is 223 g/mol. The molecule has 0 aromatic rings. The van der Waals surface area contributed by atoms with Crippen molar-refractivity contribution in [1.82, 2.24) is 0 Å². The third-order valence-electron chi connectivity index (χ3n) is 5.35. The highest BCUT2D eigenvalue weighted by molar-refractivity contribution is 5.93. The van der Waals surface area contributed by atoms with Crippen LogP contribution in [0.1, 0.15) is 40.0 Å². The normalized spacial score (nSPS) is 46.3. The number of fused-ring (bicyclic) bond motifs is 2. The molecule has 1 saturated heterocycles. The summed E-state index contributed by atoms with van der Waals surface area (Å²) in [5.41, 5.74) is 1.95. The second-order valence-electron chi connectivity index (χ2n) is 6.28. The summed E-state index contributed by atoms with van der Waals surface area (Å²) in [6, 6.07) is 0. The van der Waals surface area contributed by atoms with Gasteiger partial charge in [-0.15, -0.1) is 0 Å². The molecular formula is C13H21NO2. The molecule has 2 saturated carbocycles. The van der Waals surface area contributed by atoms with Gasteiger partial charge in [0, 0.05) is 5.41 Å². The second-order valence-corrected chi connectivity index (χ2v) is 6.28. The Morgan fingerprint density at radius 1 is 1.44 bits per heavy atom. The van der Waals surface area contributed by atoms with E-state index < -0.39 is 0 Å². The largest absolute Gasteiger partial charge is 0.393 e. The number of nitrogens with zero attached hydrogens (tertiary/aromatic N) is 1. The first-order valence-corrected chi connectivity index (χ1v) is 6.35. The van der Waals surface area contributed by atoms with E-state index in [2.05, 4.69) is 25.9 Å². The maximum absolute atomic E-state index is 5.42. The van der Waals surface area contributed by atoms with Crippen molar-refractivity contribution in [2.75, 3.05) is 13.2 Å². The molecule has 0 aromatic carbocycles. The van der Waals surface area contributed by atoms with Gasteiger partial charge in [0.25, 0.3) is 0 Å². The number of hydrogen-bond acceptors (Lipinski definition) is 3. The SMILES string of the molecule is CC12CCC(C/C1=N/OCC1CO1)C2(C)C. The summed E-state index contributed by atoms with van der Waals surface area (Å²) in [4.78, 5) is 5.42. The Labute approximate surface area is 97.2 Å². The Bertz CT molecular complexity index is 333. The smallest absolute Gasteiger partial charge is 0.145 e. The molecule has 0 N–H and O–H groups in total.